The molecule has 1 saturated carbocycles. The number of esters is 1. The van der Waals surface area contributed by atoms with Crippen LogP contribution in [0.15, 0.2) is 36.4 Å². The molecular weight excluding hydrogens is 579 g/mol. The number of halogens is 2. The molecule has 1 saturated heterocycles. The molecule has 1 aromatic heterocycles. The first-order chi connectivity index (χ1) is 20.7. The van der Waals surface area contributed by atoms with Crippen molar-refractivity contribution in [2.75, 3.05) is 32.7 Å². The number of fused-ring (bicyclic) bond motifs is 1. The van der Waals surface area contributed by atoms with E-state index in [2.05, 4.69) is 10.4 Å². The first kappa shape index (κ1) is 30.9. The smallest absolute Gasteiger partial charge is 0.308 e. The number of hydrogen-bond donors (Lipinski definition) is 1. The number of aryl methyl sites for hydroxylation is 1. The highest BCUT2D eigenvalue weighted by atomic mass is 35.5. The van der Waals surface area contributed by atoms with Gasteiger partial charge in [0.25, 0.3) is 5.91 Å². The van der Waals surface area contributed by atoms with Crippen LogP contribution in [0.1, 0.15) is 48.2 Å². The number of carbonyl (C=O) groups excluding carboxylic acids is 3. The molecule has 2 aliphatic rings. The standard InChI is InChI=1S/C31H36ClFN4O6/c1-36-25-7-5-4-6-21(25)29(35-36)30(39)34-24-16-23(33)19(14-22(24)32)15-28(38)37-13-12-27(41-2)26(37)17-43-20-10-8-18(9-11-20)31(40)42-3/h4-7,14,16,18,20,26-27H,8-13,15,17H2,1-3H3,(H,34,39)/t18?,20?,26-,27+/m1/s1. The summed E-state index contributed by atoms with van der Waals surface area (Å²) in [5.74, 6) is -1.73. The highest BCUT2D eigenvalue weighted by Crippen LogP contribution is 2.31. The molecule has 1 aliphatic carbocycles. The maximum absolute atomic E-state index is 15.2. The molecule has 0 bridgehead atoms. The number of nitrogens with zero attached hydrogens (tertiary/aromatic N) is 3. The Morgan fingerprint density at radius 1 is 1.09 bits per heavy atom. The van der Waals surface area contributed by atoms with Crippen molar-refractivity contribution in [3.8, 4) is 0 Å². The Hall–Kier alpha value is -3.54. The van der Waals surface area contributed by atoms with E-state index >= 15 is 4.39 Å². The minimum atomic E-state index is -0.656. The van der Waals surface area contributed by atoms with E-state index in [1.165, 1.54) is 13.2 Å². The van der Waals surface area contributed by atoms with Gasteiger partial charge in [-0.3, -0.25) is 19.1 Å². The predicted octanol–water partition coefficient (Wildman–Crippen LogP) is 4.52. The van der Waals surface area contributed by atoms with Gasteiger partial charge < -0.3 is 24.4 Å². The molecule has 43 heavy (non-hydrogen) atoms. The Bertz CT molecular complexity index is 1500. The zero-order chi connectivity index (χ0) is 30.7. The lowest BCUT2D eigenvalue weighted by Crippen LogP contribution is -2.45. The molecule has 10 nitrogen and oxygen atoms in total. The van der Waals surface area contributed by atoms with E-state index in [1.807, 2.05) is 18.2 Å². The molecule has 0 spiro atoms. The van der Waals surface area contributed by atoms with Gasteiger partial charge in [-0.25, -0.2) is 4.39 Å². The molecule has 1 aliphatic heterocycles. The lowest BCUT2D eigenvalue weighted by atomic mass is 9.87. The maximum Gasteiger partial charge on any atom is 0.308 e. The van der Waals surface area contributed by atoms with Gasteiger partial charge in [-0.05, 0) is 55.9 Å². The van der Waals surface area contributed by atoms with E-state index in [1.54, 1.807) is 29.8 Å². The van der Waals surface area contributed by atoms with Gasteiger partial charge in [0.1, 0.15) is 5.82 Å². The molecule has 230 valence electrons. The Balaban J connectivity index is 1.22. The maximum atomic E-state index is 15.2. The van der Waals surface area contributed by atoms with Crippen LogP contribution in [-0.4, -0.2) is 78.1 Å². The molecule has 1 N–H and O–H groups in total. The fourth-order valence-corrected chi connectivity index (χ4v) is 6.35. The normalized spacial score (nSPS) is 22.1. The van der Waals surface area contributed by atoms with E-state index in [0.717, 1.165) is 24.4 Å². The summed E-state index contributed by atoms with van der Waals surface area (Å²) >= 11 is 6.45. The summed E-state index contributed by atoms with van der Waals surface area (Å²) in [7, 11) is 4.74. The van der Waals surface area contributed by atoms with Crippen molar-refractivity contribution in [2.24, 2.45) is 13.0 Å². The number of likely N-dealkylation sites (tertiary alicyclic amines) is 1. The number of amides is 2. The van der Waals surface area contributed by atoms with Crippen molar-refractivity contribution in [1.82, 2.24) is 14.7 Å². The topological polar surface area (TPSA) is 112 Å². The number of para-hydroxylation sites is 1. The molecule has 2 amide bonds. The summed E-state index contributed by atoms with van der Waals surface area (Å²) < 4.78 is 33.5. The highest BCUT2D eigenvalue weighted by Gasteiger charge is 2.38. The van der Waals surface area contributed by atoms with Crippen LogP contribution in [0.2, 0.25) is 5.02 Å². The van der Waals surface area contributed by atoms with Gasteiger partial charge in [-0.1, -0.05) is 29.8 Å². The largest absolute Gasteiger partial charge is 0.469 e. The van der Waals surface area contributed by atoms with Crippen LogP contribution in [-0.2, 0) is 37.3 Å². The van der Waals surface area contributed by atoms with Crippen LogP contribution in [0.4, 0.5) is 10.1 Å². The summed E-state index contributed by atoms with van der Waals surface area (Å²) in [6, 6.07) is 9.47. The summed E-state index contributed by atoms with van der Waals surface area (Å²) in [5, 5.41) is 7.71. The van der Waals surface area contributed by atoms with Crippen molar-refractivity contribution in [1.29, 1.82) is 0 Å². The molecular formula is C31H36ClFN4O6. The van der Waals surface area contributed by atoms with Crippen molar-refractivity contribution in [2.45, 2.75) is 56.8 Å². The Kier molecular flexibility index (Phi) is 9.63. The monoisotopic (exact) mass is 614 g/mol. The van der Waals surface area contributed by atoms with Gasteiger partial charge in [0.2, 0.25) is 5.91 Å². The summed E-state index contributed by atoms with van der Waals surface area (Å²) in [5.41, 5.74) is 1.19. The highest BCUT2D eigenvalue weighted by molar-refractivity contribution is 6.34. The zero-order valence-corrected chi connectivity index (χ0v) is 25.2. The molecule has 0 radical (unpaired) electrons. The van der Waals surface area contributed by atoms with Crippen LogP contribution in [0.3, 0.4) is 0 Å². The Labute approximate surface area is 254 Å². The number of carbonyl (C=O) groups is 3. The summed E-state index contributed by atoms with van der Waals surface area (Å²) in [6.07, 6.45) is 3.09. The van der Waals surface area contributed by atoms with E-state index in [4.69, 9.17) is 25.8 Å². The predicted molar refractivity (Wildman–Crippen MR) is 158 cm³/mol. The lowest BCUT2D eigenvalue weighted by molar-refractivity contribution is -0.148. The third-order valence-corrected chi connectivity index (χ3v) is 8.83. The first-order valence-corrected chi connectivity index (χ1v) is 14.8. The van der Waals surface area contributed by atoms with Crippen LogP contribution >= 0.6 is 11.6 Å². The number of ether oxygens (including phenoxy) is 3. The quantitative estimate of drug-likeness (QED) is 0.353. The molecule has 3 aromatic rings. The van der Waals surface area contributed by atoms with Crippen LogP contribution in [0.5, 0.6) is 0 Å². The second-order valence-corrected chi connectivity index (χ2v) is 11.5. The van der Waals surface area contributed by atoms with Crippen molar-refractivity contribution >= 4 is 46.0 Å². The average molecular weight is 615 g/mol. The molecule has 2 heterocycles. The molecule has 12 heteroatoms. The number of methoxy groups -OCH3 is 2. The second-order valence-electron chi connectivity index (χ2n) is 11.1. The van der Waals surface area contributed by atoms with Gasteiger partial charge in [0, 0.05) is 26.1 Å². The molecule has 2 fully saturated rings. The minimum absolute atomic E-state index is 0.0148. The summed E-state index contributed by atoms with van der Waals surface area (Å²) in [4.78, 5) is 39.9. The van der Waals surface area contributed by atoms with Gasteiger partial charge in [-0.15, -0.1) is 0 Å². The zero-order valence-electron chi connectivity index (χ0n) is 24.5. The van der Waals surface area contributed by atoms with E-state index in [-0.39, 0.29) is 71.0 Å². The lowest BCUT2D eigenvalue weighted by Gasteiger charge is -2.32. The van der Waals surface area contributed by atoms with Crippen molar-refractivity contribution < 1.29 is 33.0 Å². The van der Waals surface area contributed by atoms with Crippen LogP contribution in [0.25, 0.3) is 10.9 Å². The van der Waals surface area contributed by atoms with Gasteiger partial charge >= 0.3 is 5.97 Å². The number of anilines is 1. The molecule has 2 atom stereocenters. The average Bonchev–Trinajstić information content (AvgIpc) is 3.59. The molecule has 2 aromatic carbocycles. The third-order valence-electron chi connectivity index (χ3n) is 8.52. The number of hydrogen-bond acceptors (Lipinski definition) is 7. The minimum Gasteiger partial charge on any atom is -0.469 e. The number of nitrogens with one attached hydrogen (secondary N) is 1. The van der Waals surface area contributed by atoms with Gasteiger partial charge in [0.15, 0.2) is 5.69 Å². The third kappa shape index (κ3) is 6.68. The number of aromatic nitrogens is 2. The molecule has 0 unspecified atom stereocenters. The fraction of sp³-hybridized carbons (Fsp3) is 0.484. The second kappa shape index (κ2) is 13.4. The van der Waals surface area contributed by atoms with Crippen molar-refractivity contribution in [3.63, 3.8) is 0 Å². The Morgan fingerprint density at radius 2 is 1.84 bits per heavy atom. The Morgan fingerprint density at radius 3 is 2.56 bits per heavy atom. The number of rotatable bonds is 9. The first-order valence-electron chi connectivity index (χ1n) is 14.4. The van der Waals surface area contributed by atoms with E-state index in [0.29, 0.717) is 31.2 Å². The van der Waals surface area contributed by atoms with Gasteiger partial charge in [-0.2, -0.15) is 5.10 Å². The van der Waals surface area contributed by atoms with Gasteiger partial charge in [0.05, 0.1) is 60.5 Å². The molecule has 5 rings (SSSR count). The SMILES string of the molecule is COC(=O)C1CCC(OC[C@@H]2[C@@H](OC)CCN2C(=O)Cc2cc(Cl)c(NC(=O)c3nn(C)c4ccccc34)cc2F)CC1. The van der Waals surface area contributed by atoms with Crippen molar-refractivity contribution in [3.05, 3.63) is 58.5 Å². The summed E-state index contributed by atoms with van der Waals surface area (Å²) in [6.45, 7) is 0.746. The van der Waals surface area contributed by atoms with E-state index in [9.17, 15) is 14.4 Å². The van der Waals surface area contributed by atoms with Crippen LogP contribution < -0.4 is 5.32 Å². The number of benzene rings is 2. The van der Waals surface area contributed by atoms with E-state index < -0.39 is 11.7 Å². The van der Waals surface area contributed by atoms with Crippen LogP contribution in [0, 0.1) is 11.7 Å². The fourth-order valence-electron chi connectivity index (χ4n) is 6.12.